The van der Waals surface area contributed by atoms with E-state index in [1.807, 2.05) is 30.3 Å². The minimum Gasteiger partial charge on any atom is -0.356 e. The first kappa shape index (κ1) is 16.4. The Morgan fingerprint density at radius 1 is 1.12 bits per heavy atom. The molecular weight excluding hydrogens is 330 g/mol. The number of hydrogen-bond donors (Lipinski definition) is 1. The monoisotopic (exact) mass is 351 g/mol. The number of fused-ring (bicyclic) bond motifs is 1. The molecule has 0 radical (unpaired) electrons. The van der Waals surface area contributed by atoms with E-state index >= 15 is 0 Å². The van der Waals surface area contributed by atoms with Crippen LogP contribution in [0.2, 0.25) is 0 Å². The number of rotatable bonds is 5. The van der Waals surface area contributed by atoms with Crippen LogP contribution in [0.5, 0.6) is 0 Å². The Morgan fingerprint density at radius 2 is 1.92 bits per heavy atom. The van der Waals surface area contributed by atoms with Gasteiger partial charge in [-0.2, -0.15) is 0 Å². The standard InChI is InChI=1S/C18H21N7O/c26-18(19-11-8-14-4-2-1-3-5-14)15-9-12-24(13-10-15)17-7-6-16-20-22-23-25(16)21-17/h1-7,15H,8-13H2,(H,19,26). The highest BCUT2D eigenvalue weighted by Crippen LogP contribution is 2.21. The maximum atomic E-state index is 12.4. The van der Waals surface area contributed by atoms with Crippen LogP contribution in [0.15, 0.2) is 42.5 Å². The van der Waals surface area contributed by atoms with Crippen LogP contribution in [0.1, 0.15) is 18.4 Å². The fourth-order valence-electron chi connectivity index (χ4n) is 3.30. The SMILES string of the molecule is O=C(NCCc1ccccc1)C1CCN(c2ccc3nnnn3n2)CC1. The van der Waals surface area contributed by atoms with E-state index in [4.69, 9.17) is 0 Å². The molecule has 1 amide bonds. The Kier molecular flexibility index (Phi) is 4.72. The highest BCUT2D eigenvalue weighted by molar-refractivity contribution is 5.79. The number of nitrogens with zero attached hydrogens (tertiary/aromatic N) is 6. The maximum Gasteiger partial charge on any atom is 0.223 e. The van der Waals surface area contributed by atoms with Crippen LogP contribution in [0.4, 0.5) is 5.82 Å². The van der Waals surface area contributed by atoms with Crippen LogP contribution in [0, 0.1) is 5.92 Å². The van der Waals surface area contributed by atoms with Gasteiger partial charge in [0.2, 0.25) is 5.91 Å². The summed E-state index contributed by atoms with van der Waals surface area (Å²) in [5.41, 5.74) is 1.87. The average molecular weight is 351 g/mol. The van der Waals surface area contributed by atoms with Crippen molar-refractivity contribution in [1.82, 2.24) is 30.6 Å². The summed E-state index contributed by atoms with van der Waals surface area (Å²) in [4.78, 5) is 14.6. The van der Waals surface area contributed by atoms with Crippen molar-refractivity contribution in [3.05, 3.63) is 48.0 Å². The zero-order valence-electron chi connectivity index (χ0n) is 14.5. The molecule has 8 heteroatoms. The fraction of sp³-hybridized carbons (Fsp3) is 0.389. The first-order valence-electron chi connectivity index (χ1n) is 8.91. The lowest BCUT2D eigenvalue weighted by Gasteiger charge is -2.31. The molecule has 1 aromatic carbocycles. The van der Waals surface area contributed by atoms with Gasteiger partial charge in [0.05, 0.1) is 0 Å². The van der Waals surface area contributed by atoms with Crippen molar-refractivity contribution in [2.24, 2.45) is 5.92 Å². The molecule has 4 rings (SSSR count). The molecule has 0 spiro atoms. The van der Waals surface area contributed by atoms with Crippen molar-refractivity contribution < 1.29 is 4.79 Å². The van der Waals surface area contributed by atoms with Gasteiger partial charge in [-0.15, -0.1) is 14.8 Å². The summed E-state index contributed by atoms with van der Waals surface area (Å²) in [5.74, 6) is 1.07. The minimum atomic E-state index is 0.0683. The van der Waals surface area contributed by atoms with Crippen LogP contribution in [0.25, 0.3) is 5.65 Å². The summed E-state index contributed by atoms with van der Waals surface area (Å²) < 4.78 is 1.43. The van der Waals surface area contributed by atoms with Gasteiger partial charge in [-0.05, 0) is 47.4 Å². The number of aromatic nitrogens is 5. The molecule has 0 bridgehead atoms. The zero-order valence-corrected chi connectivity index (χ0v) is 14.5. The van der Waals surface area contributed by atoms with Crippen LogP contribution < -0.4 is 10.2 Å². The topological polar surface area (TPSA) is 88.3 Å². The summed E-state index contributed by atoms with van der Waals surface area (Å²) >= 11 is 0. The lowest BCUT2D eigenvalue weighted by molar-refractivity contribution is -0.125. The second kappa shape index (κ2) is 7.47. The predicted octanol–water partition coefficient (Wildman–Crippen LogP) is 1.09. The highest BCUT2D eigenvalue weighted by Gasteiger charge is 2.25. The predicted molar refractivity (Wildman–Crippen MR) is 96.7 cm³/mol. The van der Waals surface area contributed by atoms with Gasteiger partial charge < -0.3 is 10.2 Å². The van der Waals surface area contributed by atoms with E-state index in [-0.39, 0.29) is 11.8 Å². The number of amides is 1. The molecule has 0 aliphatic carbocycles. The number of hydrogen-bond acceptors (Lipinski definition) is 6. The Labute approximate surface area is 151 Å². The van der Waals surface area contributed by atoms with E-state index in [0.29, 0.717) is 12.2 Å². The number of anilines is 1. The molecule has 1 saturated heterocycles. The normalized spacial score (nSPS) is 15.3. The van der Waals surface area contributed by atoms with Gasteiger partial charge in [-0.25, -0.2) is 0 Å². The second-order valence-corrected chi connectivity index (χ2v) is 6.51. The van der Waals surface area contributed by atoms with Gasteiger partial charge in [0.15, 0.2) is 11.5 Å². The van der Waals surface area contributed by atoms with Crippen molar-refractivity contribution in [3.8, 4) is 0 Å². The van der Waals surface area contributed by atoms with E-state index in [1.165, 1.54) is 10.2 Å². The third-order valence-electron chi connectivity index (χ3n) is 4.80. The number of carbonyl (C=O) groups excluding carboxylic acids is 1. The second-order valence-electron chi connectivity index (χ2n) is 6.51. The first-order chi connectivity index (χ1) is 12.8. The van der Waals surface area contributed by atoms with E-state index in [0.717, 1.165) is 38.2 Å². The van der Waals surface area contributed by atoms with Crippen LogP contribution >= 0.6 is 0 Å². The Bertz CT molecular complexity index is 871. The molecule has 3 aromatic rings. The molecule has 3 heterocycles. The van der Waals surface area contributed by atoms with Crippen LogP contribution in [0.3, 0.4) is 0 Å². The van der Waals surface area contributed by atoms with Crippen LogP contribution in [-0.4, -0.2) is 50.8 Å². The summed E-state index contributed by atoms with van der Waals surface area (Å²) in [6.07, 6.45) is 2.51. The van der Waals surface area contributed by atoms with Crippen molar-refractivity contribution in [1.29, 1.82) is 0 Å². The quantitative estimate of drug-likeness (QED) is 0.740. The lowest BCUT2D eigenvalue weighted by atomic mass is 9.96. The van der Waals surface area contributed by atoms with Crippen molar-refractivity contribution in [3.63, 3.8) is 0 Å². The number of benzene rings is 1. The lowest BCUT2D eigenvalue weighted by Crippen LogP contribution is -2.41. The van der Waals surface area contributed by atoms with E-state index in [1.54, 1.807) is 0 Å². The fourth-order valence-corrected chi connectivity index (χ4v) is 3.30. The molecule has 1 aliphatic heterocycles. The minimum absolute atomic E-state index is 0.0683. The Balaban J connectivity index is 1.26. The van der Waals surface area contributed by atoms with Crippen LogP contribution in [-0.2, 0) is 11.2 Å². The molecule has 1 N–H and O–H groups in total. The Morgan fingerprint density at radius 3 is 2.73 bits per heavy atom. The molecular formula is C18H21N7O. The summed E-state index contributed by atoms with van der Waals surface area (Å²) in [5, 5.41) is 18.8. The van der Waals surface area contributed by atoms with Gasteiger partial charge in [0.1, 0.15) is 0 Å². The molecule has 0 saturated carbocycles. The number of piperidine rings is 1. The summed E-state index contributed by atoms with van der Waals surface area (Å²) in [6.45, 7) is 2.29. The molecule has 8 nitrogen and oxygen atoms in total. The molecule has 26 heavy (non-hydrogen) atoms. The molecule has 1 aliphatic rings. The summed E-state index contributed by atoms with van der Waals surface area (Å²) in [7, 11) is 0. The van der Waals surface area contributed by atoms with E-state index < -0.39 is 0 Å². The third kappa shape index (κ3) is 3.63. The third-order valence-corrected chi connectivity index (χ3v) is 4.80. The largest absolute Gasteiger partial charge is 0.356 e. The number of carbonyl (C=O) groups is 1. The van der Waals surface area contributed by atoms with Crippen molar-refractivity contribution in [2.75, 3.05) is 24.5 Å². The first-order valence-corrected chi connectivity index (χ1v) is 8.91. The maximum absolute atomic E-state index is 12.4. The average Bonchev–Trinajstić information content (AvgIpc) is 3.17. The molecule has 0 atom stereocenters. The molecule has 134 valence electrons. The van der Waals surface area contributed by atoms with E-state index in [2.05, 4.69) is 43.0 Å². The Hall–Kier alpha value is -3.03. The number of tetrazole rings is 1. The molecule has 0 unspecified atom stereocenters. The van der Waals surface area contributed by atoms with Gasteiger partial charge in [-0.3, -0.25) is 4.79 Å². The smallest absolute Gasteiger partial charge is 0.223 e. The van der Waals surface area contributed by atoms with Gasteiger partial charge in [0, 0.05) is 25.6 Å². The van der Waals surface area contributed by atoms with Crippen molar-refractivity contribution >= 4 is 17.4 Å². The van der Waals surface area contributed by atoms with Gasteiger partial charge >= 0.3 is 0 Å². The summed E-state index contributed by atoms with van der Waals surface area (Å²) in [6, 6.07) is 14.0. The highest BCUT2D eigenvalue weighted by atomic mass is 16.1. The van der Waals surface area contributed by atoms with Gasteiger partial charge in [0.25, 0.3) is 0 Å². The molecule has 2 aromatic heterocycles. The van der Waals surface area contributed by atoms with Crippen molar-refractivity contribution in [2.45, 2.75) is 19.3 Å². The molecule has 1 fully saturated rings. The van der Waals surface area contributed by atoms with Gasteiger partial charge in [-0.1, -0.05) is 30.3 Å². The van der Waals surface area contributed by atoms with E-state index in [9.17, 15) is 4.79 Å². The zero-order chi connectivity index (χ0) is 17.8. The number of nitrogens with one attached hydrogen (secondary N) is 1.